The normalized spacial score (nSPS) is 11.4. The van der Waals surface area contributed by atoms with E-state index in [0.717, 1.165) is 4.31 Å². The van der Waals surface area contributed by atoms with Crippen molar-refractivity contribution in [3.63, 3.8) is 0 Å². The van der Waals surface area contributed by atoms with E-state index < -0.39 is 22.5 Å². The van der Waals surface area contributed by atoms with Crippen LogP contribution in [0.3, 0.4) is 0 Å². The fraction of sp³-hybridized carbons (Fsp3) is 0.0909. The standard InChI is InChI=1S/C22H18Cl3N3O4S/c1-32-19-8-10-20(11-9-19)33(30,31)28(18-6-4-16(23)5-7-18)14-22(29)27-26-13-15-2-3-17(24)12-21(15)25/h2-13H,14H2,1H3,(H,27,29)/b26-13-. The van der Waals surface area contributed by atoms with Crippen LogP contribution in [0.15, 0.2) is 76.7 Å². The lowest BCUT2D eigenvalue weighted by Gasteiger charge is -2.23. The summed E-state index contributed by atoms with van der Waals surface area (Å²) in [6, 6.07) is 16.7. The minimum Gasteiger partial charge on any atom is -0.497 e. The van der Waals surface area contributed by atoms with Crippen molar-refractivity contribution in [2.75, 3.05) is 18.0 Å². The fourth-order valence-electron chi connectivity index (χ4n) is 2.74. The van der Waals surface area contributed by atoms with E-state index in [4.69, 9.17) is 39.5 Å². The predicted octanol–water partition coefficient (Wildman–Crippen LogP) is 5.00. The van der Waals surface area contributed by atoms with E-state index in [9.17, 15) is 13.2 Å². The molecule has 1 amide bonds. The summed E-state index contributed by atoms with van der Waals surface area (Å²) in [5, 5.41) is 5.10. The van der Waals surface area contributed by atoms with E-state index >= 15 is 0 Å². The molecule has 0 bridgehead atoms. The van der Waals surface area contributed by atoms with Crippen LogP contribution in [-0.4, -0.2) is 34.2 Å². The largest absolute Gasteiger partial charge is 0.497 e. The van der Waals surface area contributed by atoms with Crippen LogP contribution in [-0.2, 0) is 14.8 Å². The molecular formula is C22H18Cl3N3O4S. The van der Waals surface area contributed by atoms with Gasteiger partial charge in [-0.3, -0.25) is 9.10 Å². The van der Waals surface area contributed by atoms with Crippen LogP contribution in [0.5, 0.6) is 5.75 Å². The maximum Gasteiger partial charge on any atom is 0.264 e. The zero-order valence-corrected chi connectivity index (χ0v) is 20.3. The van der Waals surface area contributed by atoms with Crippen molar-refractivity contribution in [3.05, 3.63) is 87.4 Å². The summed E-state index contributed by atoms with van der Waals surface area (Å²) in [6.45, 7) is -0.526. The number of benzene rings is 3. The van der Waals surface area contributed by atoms with Crippen molar-refractivity contribution in [1.29, 1.82) is 0 Å². The number of nitrogens with zero attached hydrogens (tertiary/aromatic N) is 2. The highest BCUT2D eigenvalue weighted by Gasteiger charge is 2.27. The topological polar surface area (TPSA) is 88.1 Å². The highest BCUT2D eigenvalue weighted by atomic mass is 35.5. The molecule has 1 N–H and O–H groups in total. The molecule has 0 saturated heterocycles. The Morgan fingerprint density at radius 1 is 1.00 bits per heavy atom. The number of ether oxygens (including phenoxy) is 1. The molecule has 7 nitrogen and oxygen atoms in total. The van der Waals surface area contributed by atoms with Crippen molar-refractivity contribution in [1.82, 2.24) is 5.43 Å². The molecule has 0 atom stereocenters. The van der Waals surface area contributed by atoms with E-state index in [2.05, 4.69) is 10.5 Å². The Bertz CT molecular complexity index is 1270. The van der Waals surface area contributed by atoms with Crippen molar-refractivity contribution in [3.8, 4) is 5.75 Å². The van der Waals surface area contributed by atoms with E-state index in [0.29, 0.717) is 26.4 Å². The van der Waals surface area contributed by atoms with Gasteiger partial charge in [0.15, 0.2) is 0 Å². The summed E-state index contributed by atoms with van der Waals surface area (Å²) in [5.41, 5.74) is 3.10. The number of amides is 1. The number of nitrogens with one attached hydrogen (secondary N) is 1. The first kappa shape index (κ1) is 24.9. The summed E-state index contributed by atoms with van der Waals surface area (Å²) in [6.07, 6.45) is 1.33. The molecule has 0 aliphatic heterocycles. The molecule has 33 heavy (non-hydrogen) atoms. The lowest BCUT2D eigenvalue weighted by molar-refractivity contribution is -0.119. The van der Waals surface area contributed by atoms with Gasteiger partial charge in [0.25, 0.3) is 15.9 Å². The first-order valence-corrected chi connectivity index (χ1v) is 12.0. The van der Waals surface area contributed by atoms with Crippen molar-refractivity contribution in [2.24, 2.45) is 5.10 Å². The Labute approximate surface area is 206 Å². The number of hydrazone groups is 1. The van der Waals surface area contributed by atoms with Gasteiger partial charge in [-0.1, -0.05) is 40.9 Å². The van der Waals surface area contributed by atoms with E-state index in [-0.39, 0.29) is 10.6 Å². The average Bonchev–Trinajstić information content (AvgIpc) is 2.79. The van der Waals surface area contributed by atoms with Crippen LogP contribution in [0, 0.1) is 0 Å². The van der Waals surface area contributed by atoms with Gasteiger partial charge in [0.2, 0.25) is 0 Å². The molecule has 0 aromatic heterocycles. The molecule has 0 heterocycles. The second-order valence-electron chi connectivity index (χ2n) is 6.62. The maximum absolute atomic E-state index is 13.3. The van der Waals surface area contributed by atoms with Gasteiger partial charge in [-0.2, -0.15) is 5.10 Å². The predicted molar refractivity (Wildman–Crippen MR) is 131 cm³/mol. The fourth-order valence-corrected chi connectivity index (χ4v) is 4.75. The number of sulfonamides is 1. The van der Waals surface area contributed by atoms with Gasteiger partial charge in [0, 0.05) is 15.6 Å². The van der Waals surface area contributed by atoms with Crippen LogP contribution in [0.4, 0.5) is 5.69 Å². The number of carbonyl (C=O) groups is 1. The van der Waals surface area contributed by atoms with Gasteiger partial charge in [-0.25, -0.2) is 13.8 Å². The van der Waals surface area contributed by atoms with Gasteiger partial charge in [-0.15, -0.1) is 0 Å². The smallest absolute Gasteiger partial charge is 0.264 e. The molecule has 0 unspecified atom stereocenters. The number of rotatable bonds is 8. The van der Waals surface area contributed by atoms with Gasteiger partial charge in [0.05, 0.1) is 28.9 Å². The maximum atomic E-state index is 13.3. The average molecular weight is 527 g/mol. The molecule has 3 aromatic rings. The molecule has 3 aromatic carbocycles. The Morgan fingerprint density at radius 2 is 1.64 bits per heavy atom. The molecular weight excluding hydrogens is 509 g/mol. The Balaban J connectivity index is 1.84. The van der Waals surface area contributed by atoms with Crippen molar-refractivity contribution < 1.29 is 17.9 Å². The molecule has 0 fully saturated rings. The van der Waals surface area contributed by atoms with Crippen molar-refractivity contribution in [2.45, 2.75) is 4.90 Å². The van der Waals surface area contributed by atoms with E-state index in [1.54, 1.807) is 12.1 Å². The summed E-state index contributed by atoms with van der Waals surface area (Å²) in [5.74, 6) is -0.164. The first-order chi connectivity index (χ1) is 15.7. The van der Waals surface area contributed by atoms with E-state index in [1.165, 1.54) is 67.9 Å². The number of carbonyl (C=O) groups excluding carboxylic acids is 1. The van der Waals surface area contributed by atoms with Gasteiger partial charge >= 0.3 is 0 Å². The number of hydrogen-bond donors (Lipinski definition) is 1. The summed E-state index contributed by atoms with van der Waals surface area (Å²) in [7, 11) is -2.61. The lowest BCUT2D eigenvalue weighted by atomic mass is 10.2. The number of hydrogen-bond acceptors (Lipinski definition) is 5. The molecule has 0 radical (unpaired) electrons. The van der Waals surface area contributed by atoms with Crippen LogP contribution in [0.25, 0.3) is 0 Å². The highest BCUT2D eigenvalue weighted by molar-refractivity contribution is 7.92. The third-order valence-corrected chi connectivity index (χ3v) is 7.01. The zero-order chi connectivity index (χ0) is 24.0. The SMILES string of the molecule is COc1ccc(S(=O)(=O)N(CC(=O)N/N=C\c2ccc(Cl)cc2Cl)c2ccc(Cl)cc2)cc1. The monoisotopic (exact) mass is 525 g/mol. The lowest BCUT2D eigenvalue weighted by Crippen LogP contribution is -2.39. The molecule has 0 aliphatic carbocycles. The quantitative estimate of drug-likeness (QED) is 0.330. The summed E-state index contributed by atoms with van der Waals surface area (Å²) >= 11 is 17.9. The minimum atomic E-state index is -4.09. The molecule has 11 heteroatoms. The van der Waals surface area contributed by atoms with Gasteiger partial charge < -0.3 is 4.74 Å². The Morgan fingerprint density at radius 3 is 2.24 bits per heavy atom. The Hall–Kier alpha value is -2.78. The van der Waals surface area contributed by atoms with Crippen molar-refractivity contribution >= 4 is 62.6 Å². The number of anilines is 1. The van der Waals surface area contributed by atoms with E-state index in [1.807, 2.05) is 0 Å². The number of methoxy groups -OCH3 is 1. The summed E-state index contributed by atoms with van der Waals surface area (Å²) < 4.78 is 32.7. The Kier molecular flexibility index (Phi) is 8.20. The highest BCUT2D eigenvalue weighted by Crippen LogP contribution is 2.26. The van der Waals surface area contributed by atoms with Crippen LogP contribution in [0.1, 0.15) is 5.56 Å². The molecule has 0 spiro atoms. The second-order valence-corrected chi connectivity index (χ2v) is 9.77. The van der Waals surface area contributed by atoms with Gasteiger partial charge in [-0.05, 0) is 60.7 Å². The van der Waals surface area contributed by atoms with Crippen LogP contribution >= 0.6 is 34.8 Å². The molecule has 3 rings (SSSR count). The molecule has 172 valence electrons. The minimum absolute atomic E-state index is 0.0116. The number of halogens is 3. The third kappa shape index (κ3) is 6.39. The molecule has 0 aliphatic rings. The van der Waals surface area contributed by atoms with Gasteiger partial charge in [0.1, 0.15) is 12.3 Å². The third-order valence-electron chi connectivity index (χ3n) is 4.40. The second kappa shape index (κ2) is 10.9. The zero-order valence-electron chi connectivity index (χ0n) is 17.2. The summed E-state index contributed by atoms with van der Waals surface area (Å²) in [4.78, 5) is 12.6. The van der Waals surface area contributed by atoms with Crippen LogP contribution < -0.4 is 14.5 Å². The molecule has 0 saturated carbocycles. The first-order valence-electron chi connectivity index (χ1n) is 9.40. The van der Waals surface area contributed by atoms with Crippen LogP contribution in [0.2, 0.25) is 15.1 Å².